The molecular formula is C25H46O5. The maximum Gasteiger partial charge on any atom is 0.303 e. The average Bonchev–Trinajstić information content (AvgIpc) is 2.70. The van der Waals surface area contributed by atoms with Crippen LogP contribution in [-0.2, 0) is 23.8 Å². The summed E-state index contributed by atoms with van der Waals surface area (Å²) < 4.78 is 15.5. The lowest BCUT2D eigenvalue weighted by Crippen LogP contribution is -2.28. The molecule has 0 aliphatic heterocycles. The Hall–Kier alpha value is -1.36. The topological polar surface area (TPSA) is 61.8 Å². The van der Waals surface area contributed by atoms with Gasteiger partial charge < -0.3 is 14.2 Å². The summed E-state index contributed by atoms with van der Waals surface area (Å²) in [6.07, 6.45) is 22.1. The Morgan fingerprint density at radius 2 is 1.23 bits per heavy atom. The summed E-state index contributed by atoms with van der Waals surface area (Å²) in [5.74, 6) is -0.784. The van der Waals surface area contributed by atoms with Crippen molar-refractivity contribution in [1.82, 2.24) is 0 Å². The monoisotopic (exact) mass is 426 g/mol. The van der Waals surface area contributed by atoms with Crippen molar-refractivity contribution in [3.63, 3.8) is 0 Å². The van der Waals surface area contributed by atoms with Crippen molar-refractivity contribution >= 4 is 11.9 Å². The Bertz CT molecular complexity index is 433. The van der Waals surface area contributed by atoms with Gasteiger partial charge >= 0.3 is 11.9 Å². The smallest absolute Gasteiger partial charge is 0.303 e. The molecule has 0 radical (unpaired) electrons. The maximum absolute atomic E-state index is 11.1. The number of allylic oxidation sites excluding steroid dienone is 2. The first-order valence-electron chi connectivity index (χ1n) is 12.1. The second-order valence-electron chi connectivity index (χ2n) is 8.05. The summed E-state index contributed by atoms with van der Waals surface area (Å²) in [5, 5.41) is 0. The number of hydrogen-bond acceptors (Lipinski definition) is 5. The van der Waals surface area contributed by atoms with Gasteiger partial charge in [0.25, 0.3) is 0 Å². The van der Waals surface area contributed by atoms with E-state index in [4.69, 9.17) is 14.2 Å². The molecule has 0 rings (SSSR count). The molecule has 0 N–H and O–H groups in total. The Balaban J connectivity index is 3.41. The minimum Gasteiger partial charge on any atom is -0.462 e. The van der Waals surface area contributed by atoms with Gasteiger partial charge in [0.15, 0.2) is 6.10 Å². The Morgan fingerprint density at radius 1 is 0.700 bits per heavy atom. The molecule has 176 valence electrons. The highest BCUT2D eigenvalue weighted by Gasteiger charge is 2.14. The lowest BCUT2D eigenvalue weighted by Gasteiger charge is -2.16. The molecule has 0 aromatic heterocycles. The van der Waals surface area contributed by atoms with Gasteiger partial charge in [0, 0.05) is 20.5 Å². The molecule has 5 nitrogen and oxygen atoms in total. The minimum absolute atomic E-state index is 0.0440. The maximum atomic E-state index is 11.1. The van der Waals surface area contributed by atoms with Crippen LogP contribution in [0.3, 0.4) is 0 Å². The van der Waals surface area contributed by atoms with E-state index in [0.717, 1.165) is 12.8 Å². The van der Waals surface area contributed by atoms with E-state index < -0.39 is 12.1 Å². The zero-order valence-corrected chi connectivity index (χ0v) is 19.8. The molecule has 0 aromatic rings. The second kappa shape index (κ2) is 22.3. The van der Waals surface area contributed by atoms with Gasteiger partial charge in [-0.2, -0.15) is 0 Å². The number of unbranched alkanes of at least 4 members (excludes halogenated alkanes) is 12. The molecule has 5 heteroatoms. The van der Waals surface area contributed by atoms with Gasteiger partial charge in [-0.05, 0) is 32.1 Å². The van der Waals surface area contributed by atoms with Crippen molar-refractivity contribution in [3.05, 3.63) is 12.2 Å². The zero-order valence-electron chi connectivity index (χ0n) is 19.8. The molecule has 0 bridgehead atoms. The van der Waals surface area contributed by atoms with Crippen LogP contribution < -0.4 is 0 Å². The highest BCUT2D eigenvalue weighted by molar-refractivity contribution is 5.67. The highest BCUT2D eigenvalue weighted by Crippen LogP contribution is 2.10. The van der Waals surface area contributed by atoms with Crippen LogP contribution in [0.15, 0.2) is 12.2 Å². The van der Waals surface area contributed by atoms with Crippen LogP contribution in [0, 0.1) is 0 Å². The first-order valence-corrected chi connectivity index (χ1v) is 12.1. The van der Waals surface area contributed by atoms with Gasteiger partial charge in [0.05, 0.1) is 6.61 Å². The number of rotatable bonds is 21. The zero-order chi connectivity index (χ0) is 22.3. The molecule has 0 amide bonds. The molecule has 0 unspecified atom stereocenters. The van der Waals surface area contributed by atoms with Gasteiger partial charge in [-0.15, -0.1) is 0 Å². The summed E-state index contributed by atoms with van der Waals surface area (Å²) in [5.41, 5.74) is 0. The largest absolute Gasteiger partial charge is 0.462 e. The average molecular weight is 427 g/mol. The van der Waals surface area contributed by atoms with E-state index in [9.17, 15) is 9.59 Å². The molecule has 0 aliphatic rings. The molecule has 0 aromatic carbocycles. The number of hydrogen-bond donors (Lipinski definition) is 0. The fourth-order valence-electron chi connectivity index (χ4n) is 3.23. The Morgan fingerprint density at radius 3 is 1.77 bits per heavy atom. The van der Waals surface area contributed by atoms with Crippen molar-refractivity contribution in [2.24, 2.45) is 0 Å². The molecular weight excluding hydrogens is 380 g/mol. The normalized spacial score (nSPS) is 12.2. The van der Waals surface area contributed by atoms with E-state index in [0.29, 0.717) is 6.61 Å². The van der Waals surface area contributed by atoms with Crippen LogP contribution in [0.2, 0.25) is 0 Å². The van der Waals surface area contributed by atoms with E-state index >= 15 is 0 Å². The molecule has 0 saturated heterocycles. The Labute approximate surface area is 184 Å². The fourth-order valence-corrected chi connectivity index (χ4v) is 3.23. The van der Waals surface area contributed by atoms with Crippen LogP contribution in [0.4, 0.5) is 0 Å². The Kier molecular flexibility index (Phi) is 21.3. The summed E-state index contributed by atoms with van der Waals surface area (Å²) >= 11 is 0. The first-order chi connectivity index (χ1) is 14.6. The van der Waals surface area contributed by atoms with Gasteiger partial charge in [0.2, 0.25) is 0 Å². The van der Waals surface area contributed by atoms with Crippen LogP contribution in [0.5, 0.6) is 0 Å². The number of carbonyl (C=O) groups excluding carboxylic acids is 2. The van der Waals surface area contributed by atoms with E-state index in [2.05, 4.69) is 19.1 Å². The quantitative estimate of drug-likeness (QED) is 0.118. The van der Waals surface area contributed by atoms with Gasteiger partial charge in [-0.1, -0.05) is 76.9 Å². The fraction of sp³-hybridized carbons (Fsp3) is 0.840. The summed E-state index contributed by atoms with van der Waals surface area (Å²) in [6, 6.07) is 0. The van der Waals surface area contributed by atoms with E-state index in [1.54, 1.807) is 0 Å². The number of esters is 2. The number of carbonyl (C=O) groups is 2. The molecule has 0 saturated carbocycles. The van der Waals surface area contributed by atoms with Crippen molar-refractivity contribution in [1.29, 1.82) is 0 Å². The van der Waals surface area contributed by atoms with Gasteiger partial charge in [-0.3, -0.25) is 9.59 Å². The van der Waals surface area contributed by atoms with Crippen LogP contribution in [0.25, 0.3) is 0 Å². The predicted octanol–water partition coefficient (Wildman–Crippen LogP) is 6.54. The first kappa shape index (κ1) is 28.6. The van der Waals surface area contributed by atoms with Crippen LogP contribution >= 0.6 is 0 Å². The minimum atomic E-state index is -0.527. The molecule has 0 fully saturated rings. The van der Waals surface area contributed by atoms with Crippen molar-refractivity contribution < 1.29 is 23.8 Å². The van der Waals surface area contributed by atoms with E-state index in [1.165, 1.54) is 90.9 Å². The van der Waals surface area contributed by atoms with Gasteiger partial charge in [-0.25, -0.2) is 0 Å². The molecule has 0 heterocycles. The number of ether oxygens (including phenoxy) is 3. The summed E-state index contributed by atoms with van der Waals surface area (Å²) in [4.78, 5) is 21.9. The highest BCUT2D eigenvalue weighted by atomic mass is 16.6. The standard InChI is InChI=1S/C25H46O5/c1-4-5-6-7-8-9-10-11-12-13-14-15-16-17-18-19-20-28-21-25(30-24(3)27)22-29-23(2)26/h11-12,25H,4-10,13-22H2,1-3H3/b12-11+/t25-/m0/s1. The molecule has 0 spiro atoms. The SMILES string of the molecule is CCCCCCCC/C=C/CCCCCCCCOC[C@@H](COC(C)=O)OC(C)=O. The third kappa shape index (κ3) is 22.9. The summed E-state index contributed by atoms with van der Waals surface area (Å²) in [7, 11) is 0. The van der Waals surface area contributed by atoms with E-state index in [1.807, 2.05) is 0 Å². The third-order valence-corrected chi connectivity index (χ3v) is 4.91. The van der Waals surface area contributed by atoms with Crippen molar-refractivity contribution in [2.45, 2.75) is 117 Å². The third-order valence-electron chi connectivity index (χ3n) is 4.91. The molecule has 30 heavy (non-hydrogen) atoms. The lowest BCUT2D eigenvalue weighted by molar-refractivity contribution is -0.159. The molecule has 0 aliphatic carbocycles. The van der Waals surface area contributed by atoms with Gasteiger partial charge in [0.1, 0.15) is 6.61 Å². The van der Waals surface area contributed by atoms with Crippen molar-refractivity contribution in [3.8, 4) is 0 Å². The molecule has 1 atom stereocenters. The second-order valence-corrected chi connectivity index (χ2v) is 8.05. The lowest BCUT2D eigenvalue weighted by atomic mass is 10.1. The van der Waals surface area contributed by atoms with E-state index in [-0.39, 0.29) is 19.2 Å². The predicted molar refractivity (Wildman–Crippen MR) is 122 cm³/mol. The van der Waals surface area contributed by atoms with Crippen LogP contribution in [-0.4, -0.2) is 37.9 Å². The summed E-state index contributed by atoms with van der Waals surface area (Å²) in [6.45, 7) is 5.88. The van der Waals surface area contributed by atoms with Crippen molar-refractivity contribution in [2.75, 3.05) is 19.8 Å². The van der Waals surface area contributed by atoms with Crippen LogP contribution in [0.1, 0.15) is 111 Å².